The van der Waals surface area contributed by atoms with E-state index in [2.05, 4.69) is 47.0 Å². The lowest BCUT2D eigenvalue weighted by Crippen LogP contribution is -2.16. The van der Waals surface area contributed by atoms with Crippen LogP contribution in [0.4, 0.5) is 5.69 Å². The molecule has 0 heterocycles. The molecule has 0 aromatic heterocycles. The van der Waals surface area contributed by atoms with Gasteiger partial charge in [0.05, 0.1) is 6.61 Å². The van der Waals surface area contributed by atoms with E-state index in [1.165, 1.54) is 11.1 Å². The number of para-hydroxylation sites is 1. The predicted molar refractivity (Wildman–Crippen MR) is 104 cm³/mol. The van der Waals surface area contributed by atoms with Gasteiger partial charge >= 0.3 is 0 Å². The molecule has 0 aliphatic carbocycles. The summed E-state index contributed by atoms with van der Waals surface area (Å²) in [4.78, 5) is 0. The zero-order valence-corrected chi connectivity index (χ0v) is 14.9. The molecule has 0 fully saturated rings. The smallest absolute Gasteiger partial charge is 0.0639 e. The first-order chi connectivity index (χ1) is 12.4. The maximum atomic E-state index is 8.99. The predicted octanol–water partition coefficient (Wildman–Crippen LogP) is 3.22. The lowest BCUT2D eigenvalue weighted by atomic mass is 10.1. The maximum absolute atomic E-state index is 8.99. The van der Waals surface area contributed by atoms with Gasteiger partial charge in [0, 0.05) is 32.0 Å². The first kappa shape index (κ1) is 19.4. The number of nitrogens with one attached hydrogen (secondary N) is 2. The number of hydrogen-bond donors (Lipinski definition) is 3. The molecule has 4 heteroatoms. The molecule has 25 heavy (non-hydrogen) atoms. The van der Waals surface area contributed by atoms with Crippen LogP contribution in [0.3, 0.4) is 0 Å². The molecular weight excluding hydrogens is 312 g/mol. The summed E-state index contributed by atoms with van der Waals surface area (Å²) in [6, 6.07) is 18.6. The zero-order valence-electron chi connectivity index (χ0n) is 14.9. The van der Waals surface area contributed by atoms with E-state index < -0.39 is 0 Å². The highest BCUT2D eigenvalue weighted by Gasteiger charge is 1.96. The van der Waals surface area contributed by atoms with Crippen molar-refractivity contribution in [3.63, 3.8) is 0 Å². The second-order valence-electron chi connectivity index (χ2n) is 6.08. The average molecular weight is 342 g/mol. The van der Waals surface area contributed by atoms with Gasteiger partial charge in [0.15, 0.2) is 0 Å². The Kier molecular flexibility index (Phi) is 9.71. The van der Waals surface area contributed by atoms with Gasteiger partial charge in [0.1, 0.15) is 0 Å². The number of unbranched alkanes of at least 4 members (excludes halogenated alkanes) is 1. The Morgan fingerprint density at radius 1 is 0.840 bits per heavy atom. The normalized spacial score (nSPS) is 10.8. The number of anilines is 1. The standard InChI is InChI=1S/C21H30N2O2/c24-14-11-19-7-6-8-20(17-19)18-22-12-4-5-15-25-16-13-23-21-9-2-1-3-10-21/h1-3,6-10,17,22-24H,4-5,11-16,18H2. The minimum atomic E-state index is 0.206. The summed E-state index contributed by atoms with van der Waals surface area (Å²) in [5, 5.41) is 15.8. The van der Waals surface area contributed by atoms with Crippen LogP contribution in [0.1, 0.15) is 24.0 Å². The molecule has 4 nitrogen and oxygen atoms in total. The fourth-order valence-corrected chi connectivity index (χ4v) is 2.64. The first-order valence-electron chi connectivity index (χ1n) is 9.14. The third kappa shape index (κ3) is 8.68. The monoisotopic (exact) mass is 342 g/mol. The van der Waals surface area contributed by atoms with Gasteiger partial charge in [-0.3, -0.25) is 0 Å². The number of benzene rings is 2. The molecule has 0 radical (unpaired) electrons. The van der Waals surface area contributed by atoms with E-state index in [1.807, 2.05) is 18.2 Å². The number of rotatable bonds is 13. The molecule has 0 aliphatic rings. The molecule has 0 atom stereocenters. The summed E-state index contributed by atoms with van der Waals surface area (Å²) in [5.41, 5.74) is 3.60. The highest BCUT2D eigenvalue weighted by atomic mass is 16.5. The summed E-state index contributed by atoms with van der Waals surface area (Å²) in [6.45, 7) is 4.46. The molecule has 0 aliphatic heterocycles. The lowest BCUT2D eigenvalue weighted by Gasteiger charge is -2.08. The van der Waals surface area contributed by atoms with Crippen LogP contribution >= 0.6 is 0 Å². The van der Waals surface area contributed by atoms with E-state index in [4.69, 9.17) is 9.84 Å². The Morgan fingerprint density at radius 2 is 1.68 bits per heavy atom. The van der Waals surface area contributed by atoms with Crippen molar-refractivity contribution in [1.29, 1.82) is 0 Å². The van der Waals surface area contributed by atoms with Crippen molar-refractivity contribution >= 4 is 5.69 Å². The molecule has 3 N–H and O–H groups in total. The summed E-state index contributed by atoms with van der Waals surface area (Å²) in [7, 11) is 0. The summed E-state index contributed by atoms with van der Waals surface area (Å²) < 4.78 is 5.65. The Morgan fingerprint density at radius 3 is 2.52 bits per heavy atom. The van der Waals surface area contributed by atoms with Crippen molar-refractivity contribution in [1.82, 2.24) is 5.32 Å². The van der Waals surface area contributed by atoms with Crippen LogP contribution in [0.25, 0.3) is 0 Å². The van der Waals surface area contributed by atoms with Crippen LogP contribution in [0.5, 0.6) is 0 Å². The van der Waals surface area contributed by atoms with Gasteiger partial charge in [-0.1, -0.05) is 42.5 Å². The van der Waals surface area contributed by atoms with E-state index in [0.29, 0.717) is 0 Å². The van der Waals surface area contributed by atoms with Crippen LogP contribution in [0.15, 0.2) is 54.6 Å². The molecule has 0 bridgehead atoms. The minimum Gasteiger partial charge on any atom is -0.396 e. The first-order valence-corrected chi connectivity index (χ1v) is 9.14. The quantitative estimate of drug-likeness (QED) is 0.489. The Bertz CT molecular complexity index is 575. The van der Waals surface area contributed by atoms with Crippen molar-refractivity contribution in [3.8, 4) is 0 Å². The van der Waals surface area contributed by atoms with Crippen molar-refractivity contribution in [2.75, 3.05) is 38.2 Å². The molecule has 0 saturated carbocycles. The second kappa shape index (κ2) is 12.5. The van der Waals surface area contributed by atoms with Crippen molar-refractivity contribution in [2.24, 2.45) is 0 Å². The SMILES string of the molecule is OCCc1cccc(CNCCCCOCCNc2ccccc2)c1. The van der Waals surface area contributed by atoms with Gasteiger partial charge in [0.25, 0.3) is 0 Å². The van der Waals surface area contributed by atoms with E-state index in [-0.39, 0.29) is 6.61 Å². The molecule has 0 saturated heterocycles. The molecule has 2 aromatic carbocycles. The minimum absolute atomic E-state index is 0.206. The fraction of sp³-hybridized carbons (Fsp3) is 0.429. The topological polar surface area (TPSA) is 53.5 Å². The molecule has 2 aromatic rings. The second-order valence-corrected chi connectivity index (χ2v) is 6.08. The van der Waals surface area contributed by atoms with Crippen molar-refractivity contribution in [3.05, 3.63) is 65.7 Å². The van der Waals surface area contributed by atoms with Crippen LogP contribution < -0.4 is 10.6 Å². The Hall–Kier alpha value is -1.88. The third-order valence-electron chi connectivity index (χ3n) is 3.96. The largest absolute Gasteiger partial charge is 0.396 e. The van der Waals surface area contributed by atoms with Crippen LogP contribution in [0, 0.1) is 0 Å². The van der Waals surface area contributed by atoms with E-state index in [9.17, 15) is 0 Å². The molecule has 2 rings (SSSR count). The summed E-state index contributed by atoms with van der Waals surface area (Å²) >= 11 is 0. The van der Waals surface area contributed by atoms with Gasteiger partial charge in [-0.15, -0.1) is 0 Å². The number of aliphatic hydroxyl groups is 1. The van der Waals surface area contributed by atoms with Gasteiger partial charge in [-0.2, -0.15) is 0 Å². The number of aliphatic hydroxyl groups excluding tert-OH is 1. The van der Waals surface area contributed by atoms with Gasteiger partial charge < -0.3 is 20.5 Å². The van der Waals surface area contributed by atoms with E-state index in [0.717, 1.165) is 57.8 Å². The Labute approximate surface area is 151 Å². The molecule has 0 amide bonds. The maximum Gasteiger partial charge on any atom is 0.0639 e. The average Bonchev–Trinajstić information content (AvgIpc) is 2.65. The summed E-state index contributed by atoms with van der Waals surface area (Å²) in [6.07, 6.45) is 2.91. The van der Waals surface area contributed by atoms with Crippen LogP contribution in [0.2, 0.25) is 0 Å². The number of hydrogen-bond acceptors (Lipinski definition) is 4. The number of ether oxygens (including phenoxy) is 1. The fourth-order valence-electron chi connectivity index (χ4n) is 2.64. The lowest BCUT2D eigenvalue weighted by molar-refractivity contribution is 0.140. The highest BCUT2D eigenvalue weighted by Crippen LogP contribution is 2.06. The summed E-state index contributed by atoms with van der Waals surface area (Å²) in [5.74, 6) is 0. The molecular formula is C21H30N2O2. The van der Waals surface area contributed by atoms with E-state index in [1.54, 1.807) is 0 Å². The van der Waals surface area contributed by atoms with Crippen molar-refractivity contribution in [2.45, 2.75) is 25.8 Å². The van der Waals surface area contributed by atoms with Gasteiger partial charge in [0.2, 0.25) is 0 Å². The molecule has 0 unspecified atom stereocenters. The van der Waals surface area contributed by atoms with E-state index >= 15 is 0 Å². The Balaban J connectivity index is 1.42. The van der Waals surface area contributed by atoms with Crippen molar-refractivity contribution < 1.29 is 9.84 Å². The molecule has 136 valence electrons. The van der Waals surface area contributed by atoms with Crippen LogP contribution in [-0.2, 0) is 17.7 Å². The highest BCUT2D eigenvalue weighted by molar-refractivity contribution is 5.42. The zero-order chi connectivity index (χ0) is 17.6. The van der Waals surface area contributed by atoms with Crippen LogP contribution in [-0.4, -0.2) is 38.0 Å². The molecule has 0 spiro atoms. The van der Waals surface area contributed by atoms with Gasteiger partial charge in [-0.05, 0) is 49.1 Å². The third-order valence-corrected chi connectivity index (χ3v) is 3.96. The van der Waals surface area contributed by atoms with Gasteiger partial charge in [-0.25, -0.2) is 0 Å².